The standard InChI is InChI=1S/C11H22BN3O5/c1-7(13)9(16)15-5-8(2-3-12(19)20)4-11(14,6-15)10(17)18/h7-8,19-20H,2-6,13-14H2,1H3,(H,17,18)/t7-,8+,11-/m0/s1. The van der Waals surface area contributed by atoms with Crippen LogP contribution >= 0.6 is 0 Å². The summed E-state index contributed by atoms with van der Waals surface area (Å²) in [5.74, 6) is -1.72. The van der Waals surface area contributed by atoms with Crippen molar-refractivity contribution in [2.24, 2.45) is 17.4 Å². The second-order valence-electron chi connectivity index (χ2n) is 5.60. The lowest BCUT2D eigenvalue weighted by molar-refractivity contribution is -0.149. The average Bonchev–Trinajstić information content (AvgIpc) is 2.34. The van der Waals surface area contributed by atoms with E-state index in [1.165, 1.54) is 11.8 Å². The van der Waals surface area contributed by atoms with Gasteiger partial charge in [-0.3, -0.25) is 9.59 Å². The number of hydrogen-bond acceptors (Lipinski definition) is 6. The number of carbonyl (C=O) groups excluding carboxylic acids is 1. The van der Waals surface area contributed by atoms with E-state index in [-0.39, 0.29) is 31.1 Å². The molecule has 1 saturated heterocycles. The van der Waals surface area contributed by atoms with Crippen molar-refractivity contribution in [3.63, 3.8) is 0 Å². The topological polar surface area (TPSA) is 150 Å². The van der Waals surface area contributed by atoms with Crippen molar-refractivity contribution in [2.45, 2.75) is 37.7 Å². The zero-order valence-corrected chi connectivity index (χ0v) is 11.5. The fraction of sp³-hybridized carbons (Fsp3) is 0.818. The third kappa shape index (κ3) is 4.17. The van der Waals surface area contributed by atoms with E-state index in [1.807, 2.05) is 0 Å². The third-order valence-corrected chi connectivity index (χ3v) is 3.56. The number of carboxylic acids is 1. The lowest BCUT2D eigenvalue weighted by Gasteiger charge is -2.42. The number of hydrogen-bond donors (Lipinski definition) is 5. The van der Waals surface area contributed by atoms with Gasteiger partial charge in [0.25, 0.3) is 0 Å². The summed E-state index contributed by atoms with van der Waals surface area (Å²) in [5.41, 5.74) is 9.89. The maximum absolute atomic E-state index is 11.9. The van der Waals surface area contributed by atoms with Crippen molar-refractivity contribution >= 4 is 19.0 Å². The van der Waals surface area contributed by atoms with Gasteiger partial charge in [-0.25, -0.2) is 0 Å². The molecule has 114 valence electrons. The number of carbonyl (C=O) groups is 2. The van der Waals surface area contributed by atoms with Crippen molar-refractivity contribution in [2.75, 3.05) is 13.1 Å². The highest BCUT2D eigenvalue weighted by atomic mass is 16.4. The highest BCUT2D eigenvalue weighted by Crippen LogP contribution is 2.28. The molecular formula is C11H22BN3O5. The highest BCUT2D eigenvalue weighted by Gasteiger charge is 2.44. The Morgan fingerprint density at radius 2 is 2.10 bits per heavy atom. The predicted molar refractivity (Wildman–Crippen MR) is 72.5 cm³/mol. The summed E-state index contributed by atoms with van der Waals surface area (Å²) in [6, 6.07) is -0.727. The number of aliphatic carboxylic acids is 1. The molecule has 0 spiro atoms. The van der Waals surface area contributed by atoms with Crippen LogP contribution in [0, 0.1) is 5.92 Å². The van der Waals surface area contributed by atoms with Gasteiger partial charge in [0.15, 0.2) is 0 Å². The van der Waals surface area contributed by atoms with Gasteiger partial charge < -0.3 is 31.5 Å². The molecule has 0 saturated carbocycles. The molecule has 1 aliphatic heterocycles. The van der Waals surface area contributed by atoms with Gasteiger partial charge in [0.05, 0.1) is 6.04 Å². The fourth-order valence-electron chi connectivity index (χ4n) is 2.55. The highest BCUT2D eigenvalue weighted by molar-refractivity contribution is 6.40. The van der Waals surface area contributed by atoms with E-state index >= 15 is 0 Å². The largest absolute Gasteiger partial charge is 0.480 e. The fourth-order valence-corrected chi connectivity index (χ4v) is 2.55. The van der Waals surface area contributed by atoms with Gasteiger partial charge in [0.2, 0.25) is 5.91 Å². The van der Waals surface area contributed by atoms with E-state index in [2.05, 4.69) is 0 Å². The monoisotopic (exact) mass is 287 g/mol. The van der Waals surface area contributed by atoms with E-state index in [9.17, 15) is 14.7 Å². The van der Waals surface area contributed by atoms with Crippen LogP contribution in [0.3, 0.4) is 0 Å². The number of carboxylic acid groups (broad SMARTS) is 1. The Bertz CT molecular complexity index is 379. The number of rotatable bonds is 5. The minimum atomic E-state index is -1.52. The van der Waals surface area contributed by atoms with Crippen LogP contribution < -0.4 is 11.5 Å². The molecule has 0 aliphatic carbocycles. The zero-order chi connectivity index (χ0) is 15.5. The molecule has 9 heteroatoms. The molecule has 0 aromatic rings. The Labute approximate surface area is 117 Å². The number of amides is 1. The molecule has 1 amide bonds. The van der Waals surface area contributed by atoms with Crippen LogP contribution in [0.2, 0.25) is 6.32 Å². The SMILES string of the molecule is C[C@H](N)C(=O)N1C[C@H](CCB(O)O)C[C@@](N)(C(=O)O)C1. The normalized spacial score (nSPS) is 28.1. The second-order valence-corrected chi connectivity index (χ2v) is 5.60. The van der Waals surface area contributed by atoms with Gasteiger partial charge in [-0.1, -0.05) is 6.42 Å². The molecule has 7 N–H and O–H groups in total. The van der Waals surface area contributed by atoms with Crippen molar-refractivity contribution in [1.82, 2.24) is 4.90 Å². The minimum Gasteiger partial charge on any atom is -0.480 e. The summed E-state index contributed by atoms with van der Waals surface area (Å²) >= 11 is 0. The first-order valence-electron chi connectivity index (χ1n) is 6.58. The van der Waals surface area contributed by atoms with Crippen LogP contribution in [-0.4, -0.2) is 63.7 Å². The summed E-state index contributed by atoms with van der Waals surface area (Å²) in [6.07, 6.45) is 0.686. The molecule has 1 rings (SSSR count). The van der Waals surface area contributed by atoms with E-state index in [0.717, 1.165) is 0 Å². The van der Waals surface area contributed by atoms with Gasteiger partial charge in [-0.2, -0.15) is 0 Å². The Balaban J connectivity index is 2.83. The van der Waals surface area contributed by atoms with Gasteiger partial charge in [-0.05, 0) is 25.6 Å². The molecule has 3 atom stereocenters. The number of nitrogens with zero attached hydrogens (tertiary/aromatic N) is 1. The van der Waals surface area contributed by atoms with E-state index in [0.29, 0.717) is 13.0 Å². The Morgan fingerprint density at radius 3 is 2.55 bits per heavy atom. The van der Waals surface area contributed by atoms with Crippen LogP contribution in [0.4, 0.5) is 0 Å². The molecule has 0 bridgehead atoms. The average molecular weight is 287 g/mol. The van der Waals surface area contributed by atoms with Crippen LogP contribution in [0.15, 0.2) is 0 Å². The maximum Gasteiger partial charge on any atom is 0.451 e. The first-order chi connectivity index (χ1) is 9.15. The first-order valence-corrected chi connectivity index (χ1v) is 6.58. The van der Waals surface area contributed by atoms with Gasteiger partial charge in [0.1, 0.15) is 5.54 Å². The molecule has 0 unspecified atom stereocenters. The quantitative estimate of drug-likeness (QED) is 0.361. The first kappa shape index (κ1) is 16.9. The van der Waals surface area contributed by atoms with Crippen LogP contribution in [-0.2, 0) is 9.59 Å². The number of nitrogens with two attached hydrogens (primary N) is 2. The van der Waals surface area contributed by atoms with Crippen LogP contribution in [0.25, 0.3) is 0 Å². The molecular weight excluding hydrogens is 265 g/mol. The van der Waals surface area contributed by atoms with Crippen molar-refractivity contribution in [1.29, 1.82) is 0 Å². The molecule has 1 aliphatic rings. The lowest BCUT2D eigenvalue weighted by Crippen LogP contribution is -2.64. The zero-order valence-electron chi connectivity index (χ0n) is 11.5. The summed E-state index contributed by atoms with van der Waals surface area (Å²) in [5, 5.41) is 27.0. The molecule has 1 fully saturated rings. The second kappa shape index (κ2) is 6.53. The van der Waals surface area contributed by atoms with Crippen LogP contribution in [0.5, 0.6) is 0 Å². The molecule has 0 aromatic heterocycles. The molecule has 1 heterocycles. The van der Waals surface area contributed by atoms with Gasteiger partial charge in [0, 0.05) is 13.1 Å². The van der Waals surface area contributed by atoms with Crippen molar-refractivity contribution in [3.05, 3.63) is 0 Å². The molecule has 20 heavy (non-hydrogen) atoms. The van der Waals surface area contributed by atoms with Crippen molar-refractivity contribution in [3.8, 4) is 0 Å². The lowest BCUT2D eigenvalue weighted by atomic mass is 9.75. The summed E-state index contributed by atoms with van der Waals surface area (Å²) < 4.78 is 0. The van der Waals surface area contributed by atoms with Gasteiger partial charge in [-0.15, -0.1) is 0 Å². The Kier molecular flexibility index (Phi) is 5.52. The Hall–Kier alpha value is -1.16. The Morgan fingerprint density at radius 1 is 1.50 bits per heavy atom. The molecule has 8 nitrogen and oxygen atoms in total. The van der Waals surface area contributed by atoms with E-state index < -0.39 is 24.7 Å². The van der Waals surface area contributed by atoms with E-state index in [1.54, 1.807) is 0 Å². The van der Waals surface area contributed by atoms with Crippen LogP contribution in [0.1, 0.15) is 19.8 Å². The molecule has 0 radical (unpaired) electrons. The maximum atomic E-state index is 11.9. The predicted octanol–water partition coefficient (Wildman–Crippen LogP) is -2.17. The molecule has 0 aromatic carbocycles. The third-order valence-electron chi connectivity index (χ3n) is 3.56. The number of piperidine rings is 1. The van der Waals surface area contributed by atoms with Gasteiger partial charge >= 0.3 is 13.1 Å². The number of likely N-dealkylation sites (tertiary alicyclic amines) is 1. The smallest absolute Gasteiger partial charge is 0.451 e. The van der Waals surface area contributed by atoms with Crippen molar-refractivity contribution < 1.29 is 24.7 Å². The summed E-state index contributed by atoms with van der Waals surface area (Å²) in [7, 11) is -1.45. The summed E-state index contributed by atoms with van der Waals surface area (Å²) in [6.45, 7) is 1.78. The van der Waals surface area contributed by atoms with E-state index in [4.69, 9.17) is 21.5 Å². The minimum absolute atomic E-state index is 0.0825. The summed E-state index contributed by atoms with van der Waals surface area (Å²) in [4.78, 5) is 24.6.